The van der Waals surface area contributed by atoms with Crippen LogP contribution in [-0.2, 0) is 11.3 Å². The summed E-state index contributed by atoms with van der Waals surface area (Å²) in [5.74, 6) is -0.0292. The van der Waals surface area contributed by atoms with Crippen LogP contribution in [0.15, 0.2) is 36.4 Å². The predicted octanol–water partition coefficient (Wildman–Crippen LogP) is 2.53. The van der Waals surface area contributed by atoms with Gasteiger partial charge in [0.2, 0.25) is 0 Å². The molecule has 0 saturated heterocycles. The molecule has 1 amide bonds. The molecule has 3 heteroatoms. The van der Waals surface area contributed by atoms with Gasteiger partial charge in [0.25, 0.3) is 5.91 Å². The lowest BCUT2D eigenvalue weighted by Crippen LogP contribution is -2.24. The lowest BCUT2D eigenvalue weighted by molar-refractivity contribution is 0.0954. The number of carbonyl (C=O) groups is 1. The van der Waals surface area contributed by atoms with Crippen molar-refractivity contribution in [3.05, 3.63) is 47.5 Å². The molecule has 0 aromatic heterocycles. The van der Waals surface area contributed by atoms with Gasteiger partial charge in [-0.3, -0.25) is 4.79 Å². The van der Waals surface area contributed by atoms with Crippen LogP contribution in [0, 0.1) is 0 Å². The van der Waals surface area contributed by atoms with Crippen molar-refractivity contribution in [1.82, 2.24) is 5.32 Å². The van der Waals surface area contributed by atoms with Crippen LogP contribution in [0.5, 0.6) is 0 Å². The van der Waals surface area contributed by atoms with Gasteiger partial charge in [0.15, 0.2) is 0 Å². The Morgan fingerprint density at radius 1 is 1.35 bits per heavy atom. The minimum atomic E-state index is -0.0292. The molecule has 0 saturated carbocycles. The van der Waals surface area contributed by atoms with Crippen molar-refractivity contribution in [3.8, 4) is 0 Å². The molecule has 0 unspecified atom stereocenters. The summed E-state index contributed by atoms with van der Waals surface area (Å²) >= 11 is 0. The fourth-order valence-corrected chi connectivity index (χ4v) is 1.46. The highest BCUT2D eigenvalue weighted by Crippen LogP contribution is 2.05. The summed E-state index contributed by atoms with van der Waals surface area (Å²) in [4.78, 5) is 11.7. The quantitative estimate of drug-likeness (QED) is 0.605. The van der Waals surface area contributed by atoms with E-state index in [9.17, 15) is 4.79 Å². The Kier molecular flexibility index (Phi) is 6.04. The minimum Gasteiger partial charge on any atom is -0.380 e. The number of benzene rings is 1. The van der Waals surface area contributed by atoms with E-state index in [2.05, 4.69) is 5.32 Å². The van der Waals surface area contributed by atoms with Crippen molar-refractivity contribution in [1.29, 1.82) is 0 Å². The Labute approximate surface area is 102 Å². The van der Waals surface area contributed by atoms with E-state index < -0.39 is 0 Å². The number of rotatable bonds is 6. The van der Waals surface area contributed by atoms with E-state index in [0.717, 1.165) is 12.0 Å². The molecule has 0 fully saturated rings. The predicted molar refractivity (Wildman–Crippen MR) is 68.9 cm³/mol. The van der Waals surface area contributed by atoms with Gasteiger partial charge in [-0.25, -0.2) is 0 Å². The maximum absolute atomic E-state index is 11.7. The van der Waals surface area contributed by atoms with Crippen LogP contribution in [0.1, 0.15) is 29.3 Å². The fraction of sp³-hybridized carbons (Fsp3) is 0.357. The highest BCUT2D eigenvalue weighted by Gasteiger charge is 2.03. The molecule has 1 rings (SSSR count). The first-order valence-electron chi connectivity index (χ1n) is 5.75. The first-order chi connectivity index (χ1) is 8.27. The molecular formula is C14H19NO2. The lowest BCUT2D eigenvalue weighted by Gasteiger charge is -2.04. The van der Waals surface area contributed by atoms with Crippen LogP contribution < -0.4 is 5.32 Å². The van der Waals surface area contributed by atoms with Gasteiger partial charge in [-0.1, -0.05) is 24.3 Å². The van der Waals surface area contributed by atoms with Gasteiger partial charge in [-0.2, -0.15) is 0 Å². The third kappa shape index (κ3) is 4.83. The molecular weight excluding hydrogens is 214 g/mol. The van der Waals surface area contributed by atoms with Crippen LogP contribution >= 0.6 is 0 Å². The lowest BCUT2D eigenvalue weighted by atomic mass is 10.1. The third-order valence-corrected chi connectivity index (χ3v) is 2.36. The second-order valence-electron chi connectivity index (χ2n) is 3.74. The molecule has 0 atom stereocenters. The second-order valence-corrected chi connectivity index (χ2v) is 3.74. The van der Waals surface area contributed by atoms with E-state index in [1.807, 2.05) is 43.3 Å². The zero-order valence-electron chi connectivity index (χ0n) is 10.4. The van der Waals surface area contributed by atoms with Crippen LogP contribution in [0.3, 0.4) is 0 Å². The molecule has 0 bridgehead atoms. The smallest absolute Gasteiger partial charge is 0.251 e. The number of hydrogen-bond donors (Lipinski definition) is 1. The van der Waals surface area contributed by atoms with Crippen LogP contribution in [-0.4, -0.2) is 19.6 Å². The van der Waals surface area contributed by atoms with E-state index in [-0.39, 0.29) is 5.91 Å². The topological polar surface area (TPSA) is 38.3 Å². The molecule has 0 aliphatic heterocycles. The summed E-state index contributed by atoms with van der Waals surface area (Å²) in [7, 11) is 1.65. The summed E-state index contributed by atoms with van der Waals surface area (Å²) in [6, 6.07) is 7.45. The summed E-state index contributed by atoms with van der Waals surface area (Å²) < 4.78 is 5.01. The molecule has 1 aromatic carbocycles. The van der Waals surface area contributed by atoms with Gasteiger partial charge in [0, 0.05) is 19.2 Å². The van der Waals surface area contributed by atoms with E-state index in [4.69, 9.17) is 4.74 Å². The first-order valence-corrected chi connectivity index (χ1v) is 5.75. The highest BCUT2D eigenvalue weighted by molar-refractivity contribution is 5.94. The maximum atomic E-state index is 11.7. The summed E-state index contributed by atoms with van der Waals surface area (Å²) in [5.41, 5.74) is 1.75. The zero-order valence-corrected chi connectivity index (χ0v) is 10.4. The zero-order chi connectivity index (χ0) is 12.5. The third-order valence-electron chi connectivity index (χ3n) is 2.36. The van der Waals surface area contributed by atoms with Crippen LogP contribution in [0.25, 0.3) is 0 Å². The molecule has 3 nitrogen and oxygen atoms in total. The molecule has 17 heavy (non-hydrogen) atoms. The van der Waals surface area contributed by atoms with E-state index in [1.54, 1.807) is 7.11 Å². The van der Waals surface area contributed by atoms with E-state index in [1.165, 1.54) is 0 Å². The fourth-order valence-electron chi connectivity index (χ4n) is 1.46. The Balaban J connectivity index is 2.46. The van der Waals surface area contributed by atoms with Crippen LogP contribution in [0.4, 0.5) is 0 Å². The Morgan fingerprint density at radius 2 is 2.06 bits per heavy atom. The van der Waals surface area contributed by atoms with Gasteiger partial charge < -0.3 is 10.1 Å². The van der Waals surface area contributed by atoms with Gasteiger partial charge in [-0.05, 0) is 31.0 Å². The number of allylic oxidation sites excluding steroid dienone is 1. The largest absolute Gasteiger partial charge is 0.380 e. The molecule has 0 spiro atoms. The summed E-state index contributed by atoms with van der Waals surface area (Å²) in [6.45, 7) is 3.21. The molecule has 0 radical (unpaired) electrons. The van der Waals surface area contributed by atoms with Gasteiger partial charge in [-0.15, -0.1) is 0 Å². The summed E-state index contributed by atoms with van der Waals surface area (Å²) in [6.07, 6.45) is 4.87. The van der Waals surface area contributed by atoms with Crippen molar-refractivity contribution >= 4 is 5.91 Å². The first kappa shape index (κ1) is 13.5. The van der Waals surface area contributed by atoms with Crippen molar-refractivity contribution in [3.63, 3.8) is 0 Å². The normalized spacial score (nSPS) is 10.7. The monoisotopic (exact) mass is 233 g/mol. The maximum Gasteiger partial charge on any atom is 0.251 e. The van der Waals surface area contributed by atoms with Gasteiger partial charge in [0.05, 0.1) is 6.61 Å². The molecule has 1 aromatic rings. The Morgan fingerprint density at radius 3 is 2.65 bits per heavy atom. The van der Waals surface area contributed by atoms with Crippen molar-refractivity contribution in [2.75, 3.05) is 13.7 Å². The number of nitrogens with one attached hydrogen (secondary N) is 1. The number of methoxy groups -OCH3 is 1. The number of ether oxygens (including phenoxy) is 1. The second kappa shape index (κ2) is 7.63. The van der Waals surface area contributed by atoms with Crippen LogP contribution in [0.2, 0.25) is 0 Å². The van der Waals surface area contributed by atoms with Crippen molar-refractivity contribution in [2.45, 2.75) is 20.0 Å². The standard InChI is InChI=1S/C14H19NO2/c1-3-4-5-10-15-14(16)13-8-6-12(7-9-13)11-17-2/h3-4,6-9H,5,10-11H2,1-2H3,(H,15,16)/b4-3+. The van der Waals surface area contributed by atoms with Crippen molar-refractivity contribution in [2.24, 2.45) is 0 Å². The Hall–Kier alpha value is -1.61. The van der Waals surface area contributed by atoms with Gasteiger partial charge >= 0.3 is 0 Å². The average molecular weight is 233 g/mol. The molecule has 0 aliphatic carbocycles. The van der Waals surface area contributed by atoms with E-state index in [0.29, 0.717) is 18.7 Å². The number of carbonyl (C=O) groups excluding carboxylic acids is 1. The highest BCUT2D eigenvalue weighted by atomic mass is 16.5. The average Bonchev–Trinajstić information content (AvgIpc) is 2.36. The van der Waals surface area contributed by atoms with Gasteiger partial charge in [0.1, 0.15) is 0 Å². The SMILES string of the molecule is C/C=C/CCNC(=O)c1ccc(COC)cc1. The van der Waals surface area contributed by atoms with E-state index >= 15 is 0 Å². The molecule has 0 heterocycles. The number of amides is 1. The Bertz CT molecular complexity index is 368. The molecule has 92 valence electrons. The number of hydrogen-bond acceptors (Lipinski definition) is 2. The summed E-state index contributed by atoms with van der Waals surface area (Å²) in [5, 5.41) is 2.86. The molecule has 0 aliphatic rings. The van der Waals surface area contributed by atoms with Crippen molar-refractivity contribution < 1.29 is 9.53 Å². The minimum absolute atomic E-state index is 0.0292. The molecule has 1 N–H and O–H groups in total.